The van der Waals surface area contributed by atoms with Gasteiger partial charge in [-0.15, -0.1) is 0 Å². The van der Waals surface area contributed by atoms with Crippen molar-refractivity contribution in [3.05, 3.63) is 35.7 Å². The van der Waals surface area contributed by atoms with Gasteiger partial charge in [0.1, 0.15) is 0 Å². The molecule has 0 bridgehead atoms. The van der Waals surface area contributed by atoms with E-state index in [1.165, 1.54) is 0 Å². The number of carbonyl (C=O) groups excluding carboxylic acids is 1. The fourth-order valence-electron chi connectivity index (χ4n) is 2.22. The molecule has 1 atom stereocenters. The van der Waals surface area contributed by atoms with Gasteiger partial charge in [0.05, 0.1) is 6.10 Å². The average molecular weight is 317 g/mol. The second-order valence-corrected chi connectivity index (χ2v) is 5.40. The number of methoxy groups -OCH3 is 1. The fourth-order valence-corrected chi connectivity index (χ4v) is 2.22. The van der Waals surface area contributed by atoms with Crippen molar-refractivity contribution < 1.29 is 14.1 Å². The summed E-state index contributed by atoms with van der Waals surface area (Å²) in [5, 5.41) is 6.84. The summed E-state index contributed by atoms with van der Waals surface area (Å²) in [7, 11) is 1.64. The van der Waals surface area contributed by atoms with Gasteiger partial charge >= 0.3 is 0 Å². The molecule has 6 nitrogen and oxygen atoms in total. The van der Waals surface area contributed by atoms with Gasteiger partial charge in [-0.05, 0) is 18.9 Å². The first-order valence-electron chi connectivity index (χ1n) is 7.82. The van der Waals surface area contributed by atoms with Gasteiger partial charge < -0.3 is 14.6 Å². The molecule has 0 radical (unpaired) electrons. The molecule has 0 saturated carbocycles. The van der Waals surface area contributed by atoms with Crippen LogP contribution in [-0.2, 0) is 16.0 Å². The second kappa shape index (κ2) is 8.43. The van der Waals surface area contributed by atoms with E-state index in [0.29, 0.717) is 31.1 Å². The highest BCUT2D eigenvalue weighted by molar-refractivity contribution is 5.76. The smallest absolute Gasteiger partial charge is 0.227 e. The van der Waals surface area contributed by atoms with E-state index in [-0.39, 0.29) is 12.0 Å². The summed E-state index contributed by atoms with van der Waals surface area (Å²) in [6.45, 7) is 4.54. The monoisotopic (exact) mass is 317 g/mol. The highest BCUT2D eigenvalue weighted by atomic mass is 16.5. The van der Waals surface area contributed by atoms with Crippen LogP contribution in [0.5, 0.6) is 0 Å². The van der Waals surface area contributed by atoms with Crippen LogP contribution in [0.15, 0.2) is 28.8 Å². The van der Waals surface area contributed by atoms with Crippen molar-refractivity contribution in [1.29, 1.82) is 0 Å². The minimum absolute atomic E-state index is 0.0452. The number of ether oxygens (including phenoxy) is 1. The molecule has 0 aliphatic heterocycles. The molecule has 0 unspecified atom stereocenters. The van der Waals surface area contributed by atoms with E-state index in [1.54, 1.807) is 7.11 Å². The standard InChI is InChI=1S/C17H23N3O3/c1-4-13(22-3)11-18-15(21)9-10-16-19-17(20-23-16)14-8-6-5-7-12(14)2/h5-8,13H,4,9-11H2,1-3H3,(H,18,21)/t13-/m1/s1. The van der Waals surface area contributed by atoms with Gasteiger partial charge in [0.25, 0.3) is 0 Å². The van der Waals surface area contributed by atoms with E-state index in [9.17, 15) is 4.79 Å². The van der Waals surface area contributed by atoms with Crippen LogP contribution >= 0.6 is 0 Å². The first-order chi connectivity index (χ1) is 11.1. The number of hydrogen-bond acceptors (Lipinski definition) is 5. The molecule has 2 aromatic rings. The van der Waals surface area contributed by atoms with E-state index in [2.05, 4.69) is 15.5 Å². The van der Waals surface area contributed by atoms with Gasteiger partial charge in [-0.25, -0.2) is 0 Å². The zero-order valence-corrected chi connectivity index (χ0v) is 13.8. The van der Waals surface area contributed by atoms with Gasteiger partial charge in [0.2, 0.25) is 17.6 Å². The molecule has 0 saturated heterocycles. The number of nitrogens with zero attached hydrogens (tertiary/aromatic N) is 2. The Morgan fingerprint density at radius 2 is 2.17 bits per heavy atom. The maximum atomic E-state index is 11.8. The Labute approximate surface area is 136 Å². The summed E-state index contributed by atoms with van der Waals surface area (Å²) in [6, 6.07) is 7.85. The number of carbonyl (C=O) groups is 1. The summed E-state index contributed by atoms with van der Waals surface area (Å²) >= 11 is 0. The average Bonchev–Trinajstić information content (AvgIpc) is 3.03. The van der Waals surface area contributed by atoms with Crippen LogP contribution in [0.25, 0.3) is 11.4 Å². The highest BCUT2D eigenvalue weighted by Gasteiger charge is 2.12. The number of amides is 1. The Bertz CT molecular complexity index is 636. The molecule has 0 aliphatic rings. The maximum absolute atomic E-state index is 11.8. The molecule has 2 rings (SSSR count). The van der Waals surface area contributed by atoms with Gasteiger partial charge in [-0.2, -0.15) is 4.98 Å². The van der Waals surface area contributed by atoms with Crippen LogP contribution < -0.4 is 5.32 Å². The lowest BCUT2D eigenvalue weighted by atomic mass is 10.1. The first-order valence-corrected chi connectivity index (χ1v) is 7.82. The van der Waals surface area contributed by atoms with E-state index in [0.717, 1.165) is 17.5 Å². The predicted octanol–water partition coefficient (Wildman–Crippen LogP) is 2.52. The van der Waals surface area contributed by atoms with E-state index >= 15 is 0 Å². The summed E-state index contributed by atoms with van der Waals surface area (Å²) in [5.74, 6) is 0.984. The van der Waals surface area contributed by atoms with Crippen LogP contribution in [-0.4, -0.2) is 35.8 Å². The molecule has 6 heteroatoms. The molecule has 1 N–H and O–H groups in total. The minimum Gasteiger partial charge on any atom is -0.380 e. The zero-order chi connectivity index (χ0) is 16.7. The van der Waals surface area contributed by atoms with Gasteiger partial charge in [-0.3, -0.25) is 4.79 Å². The second-order valence-electron chi connectivity index (χ2n) is 5.40. The molecule has 1 aromatic heterocycles. The van der Waals surface area contributed by atoms with Crippen molar-refractivity contribution in [2.24, 2.45) is 0 Å². The van der Waals surface area contributed by atoms with Gasteiger partial charge in [0.15, 0.2) is 0 Å². The van der Waals surface area contributed by atoms with Crippen molar-refractivity contribution in [3.63, 3.8) is 0 Å². The number of benzene rings is 1. The number of aromatic nitrogens is 2. The Hall–Kier alpha value is -2.21. The maximum Gasteiger partial charge on any atom is 0.227 e. The lowest BCUT2D eigenvalue weighted by Crippen LogP contribution is -2.32. The molecule has 0 aliphatic carbocycles. The molecule has 0 fully saturated rings. The predicted molar refractivity (Wildman–Crippen MR) is 86.9 cm³/mol. The Morgan fingerprint density at radius 3 is 2.87 bits per heavy atom. The summed E-state index contributed by atoms with van der Waals surface area (Å²) in [4.78, 5) is 16.2. The van der Waals surface area contributed by atoms with Gasteiger partial charge in [-0.1, -0.05) is 36.3 Å². The highest BCUT2D eigenvalue weighted by Crippen LogP contribution is 2.20. The van der Waals surface area contributed by atoms with Crippen molar-refractivity contribution in [2.45, 2.75) is 39.2 Å². The Kier molecular flexibility index (Phi) is 6.29. The molecule has 1 heterocycles. The molecular weight excluding hydrogens is 294 g/mol. The topological polar surface area (TPSA) is 77.3 Å². The molecule has 1 amide bonds. The van der Waals surface area contributed by atoms with Crippen LogP contribution in [0.4, 0.5) is 0 Å². The van der Waals surface area contributed by atoms with E-state index in [1.807, 2.05) is 38.1 Å². The van der Waals surface area contributed by atoms with Crippen molar-refractivity contribution in [1.82, 2.24) is 15.5 Å². The molecule has 23 heavy (non-hydrogen) atoms. The van der Waals surface area contributed by atoms with Gasteiger partial charge in [0, 0.05) is 32.1 Å². The number of hydrogen-bond donors (Lipinski definition) is 1. The zero-order valence-electron chi connectivity index (χ0n) is 13.8. The SMILES string of the molecule is CC[C@H](CNC(=O)CCc1nc(-c2ccccc2C)no1)OC. The summed E-state index contributed by atoms with van der Waals surface area (Å²) in [5.41, 5.74) is 2.03. The van der Waals surface area contributed by atoms with Crippen LogP contribution in [0.1, 0.15) is 31.2 Å². The minimum atomic E-state index is -0.0452. The normalized spacial score (nSPS) is 12.1. The molecule has 124 valence electrons. The molecule has 1 aromatic carbocycles. The van der Waals surface area contributed by atoms with E-state index in [4.69, 9.17) is 9.26 Å². The van der Waals surface area contributed by atoms with E-state index < -0.39 is 0 Å². The van der Waals surface area contributed by atoms with Crippen LogP contribution in [0.3, 0.4) is 0 Å². The quantitative estimate of drug-likeness (QED) is 0.809. The molecular formula is C17H23N3O3. The lowest BCUT2D eigenvalue weighted by molar-refractivity contribution is -0.121. The third-order valence-electron chi connectivity index (χ3n) is 3.74. The number of aryl methyl sites for hydroxylation is 2. The van der Waals surface area contributed by atoms with Crippen LogP contribution in [0.2, 0.25) is 0 Å². The van der Waals surface area contributed by atoms with Crippen molar-refractivity contribution in [3.8, 4) is 11.4 Å². The van der Waals surface area contributed by atoms with Crippen molar-refractivity contribution >= 4 is 5.91 Å². The third kappa shape index (κ3) is 4.89. The first kappa shape index (κ1) is 17.1. The summed E-state index contributed by atoms with van der Waals surface area (Å²) < 4.78 is 10.4. The Balaban J connectivity index is 1.85. The van der Waals surface area contributed by atoms with Crippen molar-refractivity contribution in [2.75, 3.05) is 13.7 Å². The fraction of sp³-hybridized carbons (Fsp3) is 0.471. The summed E-state index contributed by atoms with van der Waals surface area (Å²) in [6.07, 6.45) is 1.65. The number of rotatable bonds is 8. The largest absolute Gasteiger partial charge is 0.380 e. The molecule has 0 spiro atoms. The third-order valence-corrected chi connectivity index (χ3v) is 3.74. The Morgan fingerprint density at radius 1 is 1.39 bits per heavy atom. The lowest BCUT2D eigenvalue weighted by Gasteiger charge is -2.13. The van der Waals surface area contributed by atoms with Crippen LogP contribution in [0, 0.1) is 6.92 Å². The number of nitrogens with one attached hydrogen (secondary N) is 1.